The van der Waals surface area contributed by atoms with Gasteiger partial charge in [-0.25, -0.2) is 8.78 Å². The number of nitrogens with zero attached hydrogens (tertiary/aromatic N) is 1. The van der Waals surface area contributed by atoms with E-state index in [2.05, 4.69) is 0 Å². The molecular weight excluding hydrogens is 423 g/mol. The van der Waals surface area contributed by atoms with Crippen LogP contribution in [0.2, 0.25) is 10.0 Å². The number of carbonyl (C=O) groups excluding carboxylic acids is 1. The number of alkyl halides is 2. The number of carbonyl (C=O) groups is 1. The molecule has 0 spiro atoms. The van der Waals surface area contributed by atoms with Gasteiger partial charge in [0.1, 0.15) is 11.5 Å². The third-order valence-corrected chi connectivity index (χ3v) is 5.08. The van der Waals surface area contributed by atoms with E-state index in [1.54, 1.807) is 12.1 Å². The Morgan fingerprint density at radius 3 is 2.34 bits per heavy atom. The normalized spacial score (nSPS) is 11.2. The van der Waals surface area contributed by atoms with Crippen LogP contribution in [0.4, 0.5) is 8.78 Å². The molecule has 0 radical (unpaired) electrons. The Hall–Kier alpha value is -2.05. The summed E-state index contributed by atoms with van der Waals surface area (Å²) in [5, 5.41) is 10.7. The summed E-state index contributed by atoms with van der Waals surface area (Å²) in [6.45, 7) is 2.93. The van der Waals surface area contributed by atoms with Gasteiger partial charge >= 0.3 is 0 Å². The Balaban J connectivity index is 2.12. The molecule has 0 bridgehead atoms. The Bertz CT molecular complexity index is 852. The van der Waals surface area contributed by atoms with Crippen LogP contribution in [0.5, 0.6) is 11.5 Å². The lowest BCUT2D eigenvalue weighted by Gasteiger charge is -2.17. The summed E-state index contributed by atoms with van der Waals surface area (Å²) >= 11 is 12.7. The van der Waals surface area contributed by atoms with E-state index in [1.807, 2.05) is 19.9 Å². The highest BCUT2D eigenvalue weighted by atomic mass is 35.5. The summed E-state index contributed by atoms with van der Waals surface area (Å²) in [4.78, 5) is 12.7. The van der Waals surface area contributed by atoms with Crippen molar-refractivity contribution in [2.24, 2.45) is 0 Å². The molecule has 0 aliphatic carbocycles. The largest absolute Gasteiger partial charge is 0.508 e. The fraction of sp³-hybridized carbons (Fsp3) is 0.381. The van der Waals surface area contributed by atoms with Gasteiger partial charge in [0.15, 0.2) is 6.61 Å². The molecule has 0 atom stereocenters. The lowest BCUT2D eigenvalue weighted by Crippen LogP contribution is -2.34. The molecule has 4 nitrogen and oxygen atoms in total. The van der Waals surface area contributed by atoms with Crippen LogP contribution in [0.3, 0.4) is 0 Å². The van der Waals surface area contributed by atoms with Gasteiger partial charge in [0.2, 0.25) is 0 Å². The van der Waals surface area contributed by atoms with Crippen molar-refractivity contribution >= 4 is 29.1 Å². The SMILES string of the molecule is CC(C)c1cc(Cc2c(Cl)cc(OCC(=O)N(C)CC(F)F)cc2Cl)ccc1O. The van der Waals surface area contributed by atoms with Crippen molar-refractivity contribution < 1.29 is 23.4 Å². The van der Waals surface area contributed by atoms with Gasteiger partial charge < -0.3 is 14.7 Å². The first-order chi connectivity index (χ1) is 13.6. The van der Waals surface area contributed by atoms with Crippen molar-refractivity contribution in [3.05, 3.63) is 57.1 Å². The van der Waals surface area contributed by atoms with E-state index in [4.69, 9.17) is 27.9 Å². The number of rotatable bonds is 8. The number of halogens is 4. The Morgan fingerprint density at radius 1 is 1.17 bits per heavy atom. The quantitative estimate of drug-likeness (QED) is 0.582. The Morgan fingerprint density at radius 2 is 1.79 bits per heavy atom. The molecule has 158 valence electrons. The fourth-order valence-electron chi connectivity index (χ4n) is 2.78. The van der Waals surface area contributed by atoms with Gasteiger partial charge in [0.25, 0.3) is 12.3 Å². The molecule has 0 saturated carbocycles. The molecule has 2 aromatic rings. The third kappa shape index (κ3) is 6.47. The van der Waals surface area contributed by atoms with Crippen molar-refractivity contribution in [3.8, 4) is 11.5 Å². The van der Waals surface area contributed by atoms with Gasteiger partial charge in [-0.15, -0.1) is 0 Å². The molecule has 0 unspecified atom stereocenters. The number of likely N-dealkylation sites (N-methyl/N-ethyl adjacent to an activating group) is 1. The zero-order valence-corrected chi connectivity index (χ0v) is 17.9. The highest BCUT2D eigenvalue weighted by Crippen LogP contribution is 2.34. The summed E-state index contributed by atoms with van der Waals surface area (Å²) in [7, 11) is 1.28. The minimum atomic E-state index is -2.61. The van der Waals surface area contributed by atoms with Crippen LogP contribution in [-0.4, -0.2) is 42.5 Å². The van der Waals surface area contributed by atoms with Crippen molar-refractivity contribution in [2.75, 3.05) is 20.2 Å². The van der Waals surface area contributed by atoms with Crippen molar-refractivity contribution in [1.82, 2.24) is 4.90 Å². The minimum absolute atomic E-state index is 0.164. The molecule has 0 aliphatic rings. The monoisotopic (exact) mass is 445 g/mol. The zero-order valence-electron chi connectivity index (χ0n) is 16.4. The average Bonchev–Trinajstić information content (AvgIpc) is 2.63. The van der Waals surface area contributed by atoms with Crippen molar-refractivity contribution in [3.63, 3.8) is 0 Å². The summed E-state index contributed by atoms with van der Waals surface area (Å²) in [6.07, 6.45) is -2.16. The molecule has 0 saturated heterocycles. The number of phenols is 1. The van der Waals surface area contributed by atoms with Crippen LogP contribution in [-0.2, 0) is 11.2 Å². The van der Waals surface area contributed by atoms with Gasteiger partial charge in [0.05, 0.1) is 6.54 Å². The molecule has 0 aliphatic heterocycles. The van der Waals surface area contributed by atoms with Gasteiger partial charge in [-0.1, -0.05) is 49.2 Å². The number of benzene rings is 2. The second-order valence-corrected chi connectivity index (χ2v) is 7.86. The molecule has 29 heavy (non-hydrogen) atoms. The minimum Gasteiger partial charge on any atom is -0.508 e. The highest BCUT2D eigenvalue weighted by molar-refractivity contribution is 6.36. The van der Waals surface area contributed by atoms with Crippen LogP contribution >= 0.6 is 23.2 Å². The molecule has 2 aromatic carbocycles. The van der Waals surface area contributed by atoms with E-state index in [0.29, 0.717) is 22.0 Å². The maximum Gasteiger partial charge on any atom is 0.260 e. The first-order valence-electron chi connectivity index (χ1n) is 9.03. The van der Waals surface area contributed by atoms with E-state index in [-0.39, 0.29) is 17.4 Å². The molecule has 1 amide bonds. The Kier molecular flexibility index (Phi) is 8.11. The summed E-state index contributed by atoms with van der Waals surface area (Å²) in [5.41, 5.74) is 2.45. The third-order valence-electron chi connectivity index (χ3n) is 4.41. The van der Waals surface area contributed by atoms with Gasteiger partial charge in [0, 0.05) is 23.5 Å². The molecule has 0 aromatic heterocycles. The first kappa shape index (κ1) is 23.2. The molecule has 8 heteroatoms. The molecular formula is C21H23Cl2F2NO3. The van der Waals surface area contributed by atoms with Gasteiger partial charge in [-0.3, -0.25) is 4.79 Å². The number of hydrogen-bond donors (Lipinski definition) is 1. The number of amides is 1. The van der Waals surface area contributed by atoms with E-state index in [9.17, 15) is 18.7 Å². The van der Waals surface area contributed by atoms with Crippen LogP contribution < -0.4 is 4.74 Å². The number of phenolic OH excluding ortho intramolecular Hbond substituents is 1. The van der Waals surface area contributed by atoms with Gasteiger partial charge in [-0.2, -0.15) is 0 Å². The first-order valence-corrected chi connectivity index (χ1v) is 9.78. The summed E-state index contributed by atoms with van der Waals surface area (Å²) < 4.78 is 30.1. The molecule has 0 fully saturated rings. The maximum absolute atomic E-state index is 12.3. The van der Waals surface area contributed by atoms with Crippen LogP contribution in [0.25, 0.3) is 0 Å². The van der Waals surface area contributed by atoms with E-state index in [1.165, 1.54) is 19.2 Å². The predicted octanol–water partition coefficient (Wildman–Crippen LogP) is 5.52. The summed E-state index contributed by atoms with van der Waals surface area (Å²) in [6, 6.07) is 8.43. The zero-order chi connectivity index (χ0) is 21.7. The number of ether oxygens (including phenoxy) is 1. The lowest BCUT2D eigenvalue weighted by molar-refractivity contribution is -0.133. The standard InChI is InChI=1S/C21H23Cl2F2NO3/c1-12(2)15-6-13(4-5-19(15)27)7-16-17(22)8-14(9-18(16)23)29-11-21(28)26(3)10-20(24)25/h4-6,8-9,12,20,27H,7,10-11H2,1-3H3. The van der Waals surface area contributed by atoms with Crippen LogP contribution in [0, 0.1) is 0 Å². The van der Waals surface area contributed by atoms with Gasteiger partial charge in [-0.05, 0) is 40.8 Å². The second-order valence-electron chi connectivity index (χ2n) is 7.04. The highest BCUT2D eigenvalue weighted by Gasteiger charge is 2.16. The van der Waals surface area contributed by atoms with Crippen molar-refractivity contribution in [1.29, 1.82) is 0 Å². The van der Waals surface area contributed by atoms with Crippen LogP contribution in [0.1, 0.15) is 36.5 Å². The Labute approximate surface area is 179 Å². The topological polar surface area (TPSA) is 49.8 Å². The smallest absolute Gasteiger partial charge is 0.260 e. The molecule has 1 N–H and O–H groups in total. The fourth-order valence-corrected chi connectivity index (χ4v) is 3.38. The average molecular weight is 446 g/mol. The van der Waals surface area contributed by atoms with Crippen LogP contribution in [0.15, 0.2) is 30.3 Å². The maximum atomic E-state index is 12.3. The van der Waals surface area contributed by atoms with E-state index >= 15 is 0 Å². The van der Waals surface area contributed by atoms with E-state index in [0.717, 1.165) is 16.0 Å². The lowest BCUT2D eigenvalue weighted by atomic mass is 9.96. The number of hydrogen-bond acceptors (Lipinski definition) is 3. The molecule has 0 heterocycles. The predicted molar refractivity (Wildman–Crippen MR) is 111 cm³/mol. The van der Waals surface area contributed by atoms with Crippen molar-refractivity contribution in [2.45, 2.75) is 32.6 Å². The second kappa shape index (κ2) is 10.1. The number of aromatic hydroxyl groups is 1. The van der Waals surface area contributed by atoms with E-state index < -0.39 is 25.5 Å². The molecule has 2 rings (SSSR count). The summed E-state index contributed by atoms with van der Waals surface area (Å²) in [5.74, 6) is 0.103.